The number of methoxy groups -OCH3 is 2. The highest BCUT2D eigenvalue weighted by Gasteiger charge is 2.16. The van der Waals surface area contributed by atoms with E-state index in [4.69, 9.17) is 20.6 Å². The fourth-order valence-electron chi connectivity index (χ4n) is 1.56. The van der Waals surface area contributed by atoms with Gasteiger partial charge in [0.2, 0.25) is 17.7 Å². The van der Waals surface area contributed by atoms with Gasteiger partial charge >= 0.3 is 0 Å². The molecule has 0 spiro atoms. The van der Waals surface area contributed by atoms with Crippen molar-refractivity contribution in [2.24, 2.45) is 5.73 Å². The first kappa shape index (κ1) is 15.0. The summed E-state index contributed by atoms with van der Waals surface area (Å²) in [6, 6.07) is 1.80. The third-order valence-electron chi connectivity index (χ3n) is 2.59. The molecule has 0 amide bonds. The van der Waals surface area contributed by atoms with Crippen LogP contribution in [0, 0.1) is 5.41 Å². The van der Waals surface area contributed by atoms with Crippen LogP contribution in [0.15, 0.2) is 6.07 Å². The standard InChI is InChI=1S/C12H21N5O2/c1-8(2)17(6-5-9(13)14)12-15-10(18-3)7-11(16-12)19-4/h7-8H,5-6H2,1-4H3,(H3,13,14). The molecule has 0 saturated heterocycles. The summed E-state index contributed by atoms with van der Waals surface area (Å²) in [7, 11) is 3.08. The fraction of sp³-hybridized carbons (Fsp3) is 0.583. The number of hydrogen-bond acceptors (Lipinski definition) is 6. The first-order valence-corrected chi connectivity index (χ1v) is 6.04. The molecule has 7 nitrogen and oxygen atoms in total. The van der Waals surface area contributed by atoms with Crippen LogP contribution in [0.4, 0.5) is 5.95 Å². The summed E-state index contributed by atoms with van der Waals surface area (Å²) in [4.78, 5) is 10.6. The molecule has 0 aliphatic heterocycles. The van der Waals surface area contributed by atoms with Gasteiger partial charge in [-0.25, -0.2) is 0 Å². The molecule has 1 aromatic rings. The van der Waals surface area contributed by atoms with Crippen molar-refractivity contribution < 1.29 is 9.47 Å². The average molecular weight is 267 g/mol. The van der Waals surface area contributed by atoms with Crippen molar-refractivity contribution in [3.05, 3.63) is 6.07 Å². The topological polar surface area (TPSA) is 97.4 Å². The van der Waals surface area contributed by atoms with Gasteiger partial charge < -0.3 is 20.1 Å². The molecule has 0 aliphatic carbocycles. The summed E-state index contributed by atoms with van der Waals surface area (Å²) in [5, 5.41) is 7.31. The van der Waals surface area contributed by atoms with E-state index in [2.05, 4.69) is 9.97 Å². The zero-order valence-corrected chi connectivity index (χ0v) is 11.8. The van der Waals surface area contributed by atoms with Gasteiger partial charge in [0.15, 0.2) is 0 Å². The van der Waals surface area contributed by atoms with E-state index in [1.54, 1.807) is 20.3 Å². The van der Waals surface area contributed by atoms with E-state index >= 15 is 0 Å². The maximum Gasteiger partial charge on any atom is 0.232 e. The minimum Gasteiger partial charge on any atom is -0.481 e. The van der Waals surface area contributed by atoms with Crippen LogP contribution in [0.3, 0.4) is 0 Å². The van der Waals surface area contributed by atoms with E-state index in [0.29, 0.717) is 30.7 Å². The molecule has 1 aromatic heterocycles. The van der Waals surface area contributed by atoms with Gasteiger partial charge in [-0.2, -0.15) is 9.97 Å². The van der Waals surface area contributed by atoms with Crippen LogP contribution < -0.4 is 20.1 Å². The lowest BCUT2D eigenvalue weighted by molar-refractivity contribution is 0.371. The molecule has 7 heteroatoms. The zero-order chi connectivity index (χ0) is 14.4. The summed E-state index contributed by atoms with van der Waals surface area (Å²) in [6.07, 6.45) is 0.459. The first-order chi connectivity index (χ1) is 8.97. The fourth-order valence-corrected chi connectivity index (χ4v) is 1.56. The highest BCUT2D eigenvalue weighted by atomic mass is 16.5. The zero-order valence-electron chi connectivity index (χ0n) is 11.8. The summed E-state index contributed by atoms with van der Waals surface area (Å²) in [6.45, 7) is 4.62. The molecule has 3 N–H and O–H groups in total. The van der Waals surface area contributed by atoms with Crippen molar-refractivity contribution in [2.45, 2.75) is 26.3 Å². The van der Waals surface area contributed by atoms with Crippen LogP contribution in [0.1, 0.15) is 20.3 Å². The van der Waals surface area contributed by atoms with E-state index < -0.39 is 0 Å². The molecule has 0 bridgehead atoms. The molecule has 106 valence electrons. The minimum absolute atomic E-state index is 0.139. The molecule has 1 heterocycles. The number of ether oxygens (including phenoxy) is 2. The quantitative estimate of drug-likeness (QED) is 0.566. The molecule has 0 fully saturated rings. The number of rotatable bonds is 7. The van der Waals surface area contributed by atoms with E-state index in [1.165, 1.54) is 0 Å². The number of nitrogens with zero attached hydrogens (tertiary/aromatic N) is 3. The Bertz CT molecular complexity index is 414. The lowest BCUT2D eigenvalue weighted by atomic mass is 10.3. The molecule has 19 heavy (non-hydrogen) atoms. The predicted molar refractivity (Wildman–Crippen MR) is 74.1 cm³/mol. The van der Waals surface area contributed by atoms with Crippen molar-refractivity contribution in [3.8, 4) is 11.8 Å². The molecule has 0 unspecified atom stereocenters. The summed E-state index contributed by atoms with van der Waals surface area (Å²) in [5.74, 6) is 1.53. The second kappa shape index (κ2) is 6.77. The number of nitrogens with one attached hydrogen (secondary N) is 1. The van der Waals surface area contributed by atoms with Crippen molar-refractivity contribution >= 4 is 11.8 Å². The van der Waals surface area contributed by atoms with Crippen molar-refractivity contribution in [3.63, 3.8) is 0 Å². The Morgan fingerprint density at radius 2 is 1.84 bits per heavy atom. The molecule has 1 rings (SSSR count). The third-order valence-corrected chi connectivity index (χ3v) is 2.59. The van der Waals surface area contributed by atoms with Crippen molar-refractivity contribution in [2.75, 3.05) is 25.7 Å². The maximum atomic E-state index is 7.31. The Morgan fingerprint density at radius 3 is 2.21 bits per heavy atom. The molecule has 0 radical (unpaired) electrons. The normalized spacial score (nSPS) is 10.4. The Morgan fingerprint density at radius 1 is 1.32 bits per heavy atom. The van der Waals surface area contributed by atoms with Crippen molar-refractivity contribution in [1.82, 2.24) is 9.97 Å². The second-order valence-corrected chi connectivity index (χ2v) is 4.32. The van der Waals surface area contributed by atoms with Crippen LogP contribution in [-0.4, -0.2) is 42.6 Å². The lowest BCUT2D eigenvalue weighted by Gasteiger charge is -2.26. The average Bonchev–Trinajstić information content (AvgIpc) is 2.37. The monoisotopic (exact) mass is 267 g/mol. The summed E-state index contributed by atoms with van der Waals surface area (Å²) >= 11 is 0. The Labute approximate surface area is 113 Å². The van der Waals surface area contributed by atoms with E-state index in [1.807, 2.05) is 18.7 Å². The van der Waals surface area contributed by atoms with Gasteiger partial charge in [-0.1, -0.05) is 0 Å². The Hall–Kier alpha value is -2.05. The van der Waals surface area contributed by atoms with Crippen LogP contribution in [0.2, 0.25) is 0 Å². The van der Waals surface area contributed by atoms with Crippen LogP contribution in [0.5, 0.6) is 11.8 Å². The number of amidine groups is 1. The summed E-state index contributed by atoms with van der Waals surface area (Å²) < 4.78 is 10.3. The third kappa shape index (κ3) is 4.27. The molecule has 0 aromatic carbocycles. The molecule has 0 aliphatic rings. The lowest BCUT2D eigenvalue weighted by Crippen LogP contribution is -2.35. The van der Waals surface area contributed by atoms with Gasteiger partial charge in [-0.3, -0.25) is 5.41 Å². The highest BCUT2D eigenvalue weighted by Crippen LogP contribution is 2.21. The largest absolute Gasteiger partial charge is 0.481 e. The van der Waals surface area contributed by atoms with Crippen molar-refractivity contribution in [1.29, 1.82) is 5.41 Å². The van der Waals surface area contributed by atoms with Gasteiger partial charge in [0.1, 0.15) is 0 Å². The molecule has 0 saturated carbocycles. The molecule has 0 atom stereocenters. The van der Waals surface area contributed by atoms with Gasteiger partial charge in [0.25, 0.3) is 0 Å². The highest BCUT2D eigenvalue weighted by molar-refractivity contribution is 5.77. The van der Waals surface area contributed by atoms with Crippen LogP contribution in [-0.2, 0) is 0 Å². The van der Waals surface area contributed by atoms with Crippen LogP contribution in [0.25, 0.3) is 0 Å². The molecular weight excluding hydrogens is 246 g/mol. The maximum absolute atomic E-state index is 7.31. The Balaban J connectivity index is 3.03. The predicted octanol–water partition coefficient (Wildman–Crippen LogP) is 1.03. The van der Waals surface area contributed by atoms with E-state index in [9.17, 15) is 0 Å². The SMILES string of the molecule is COc1cc(OC)nc(N(CCC(=N)N)C(C)C)n1. The number of hydrogen-bond donors (Lipinski definition) is 2. The Kier molecular flexibility index (Phi) is 5.35. The minimum atomic E-state index is 0.139. The second-order valence-electron chi connectivity index (χ2n) is 4.32. The van der Waals surface area contributed by atoms with Gasteiger partial charge in [0.05, 0.1) is 26.1 Å². The molecular formula is C12H21N5O2. The van der Waals surface area contributed by atoms with Crippen LogP contribution >= 0.6 is 0 Å². The number of anilines is 1. The smallest absolute Gasteiger partial charge is 0.232 e. The van der Waals surface area contributed by atoms with Gasteiger partial charge in [0, 0.05) is 19.0 Å². The van der Waals surface area contributed by atoms with E-state index in [-0.39, 0.29) is 11.9 Å². The first-order valence-electron chi connectivity index (χ1n) is 6.04. The number of aromatic nitrogens is 2. The van der Waals surface area contributed by atoms with E-state index in [0.717, 1.165) is 0 Å². The summed E-state index contributed by atoms with van der Waals surface area (Å²) in [5.41, 5.74) is 5.40. The number of nitrogens with two attached hydrogens (primary N) is 1. The van der Waals surface area contributed by atoms with Gasteiger partial charge in [-0.05, 0) is 13.8 Å². The van der Waals surface area contributed by atoms with Gasteiger partial charge in [-0.15, -0.1) is 0 Å².